The summed E-state index contributed by atoms with van der Waals surface area (Å²) in [5.41, 5.74) is 1.77. The first-order chi connectivity index (χ1) is 8.91. The van der Waals surface area contributed by atoms with Gasteiger partial charge in [-0.05, 0) is 49.2 Å². The zero-order chi connectivity index (χ0) is 14.2. The second-order valence-electron chi connectivity index (χ2n) is 4.34. The Hall–Kier alpha value is -1.38. The maximum Gasteiger partial charge on any atom is 0.197 e. The molecule has 0 amide bonds. The summed E-state index contributed by atoms with van der Waals surface area (Å²) < 4.78 is 13.8. The molecule has 2 aromatic carbocycles. The summed E-state index contributed by atoms with van der Waals surface area (Å²) in [4.78, 5) is 12.4. The summed E-state index contributed by atoms with van der Waals surface area (Å²) in [6.07, 6.45) is 0. The lowest BCUT2D eigenvalue weighted by Gasteiger charge is -2.10. The molecule has 98 valence electrons. The van der Waals surface area contributed by atoms with Crippen LogP contribution in [0.5, 0.6) is 0 Å². The van der Waals surface area contributed by atoms with Crippen molar-refractivity contribution in [3.05, 3.63) is 68.4 Å². The minimum Gasteiger partial charge on any atom is -0.288 e. The number of hydrogen-bond acceptors (Lipinski definition) is 1. The van der Waals surface area contributed by atoms with Gasteiger partial charge in [-0.3, -0.25) is 4.79 Å². The SMILES string of the molecule is Cc1cc(C(=O)c2c(F)cccc2Cl)c(C)cc1Cl. The van der Waals surface area contributed by atoms with Crippen LogP contribution in [-0.2, 0) is 0 Å². The summed E-state index contributed by atoms with van der Waals surface area (Å²) in [5.74, 6) is -1.05. The number of hydrogen-bond donors (Lipinski definition) is 0. The van der Waals surface area contributed by atoms with Gasteiger partial charge in [-0.15, -0.1) is 0 Å². The fourth-order valence-electron chi connectivity index (χ4n) is 1.87. The Morgan fingerprint density at radius 2 is 1.74 bits per heavy atom. The van der Waals surface area contributed by atoms with Crippen molar-refractivity contribution in [3.63, 3.8) is 0 Å². The Balaban J connectivity index is 2.60. The van der Waals surface area contributed by atoms with Crippen molar-refractivity contribution in [2.75, 3.05) is 0 Å². The third kappa shape index (κ3) is 2.65. The van der Waals surface area contributed by atoms with Crippen molar-refractivity contribution in [1.82, 2.24) is 0 Å². The van der Waals surface area contributed by atoms with Gasteiger partial charge in [0.15, 0.2) is 5.78 Å². The van der Waals surface area contributed by atoms with Gasteiger partial charge in [0.2, 0.25) is 0 Å². The molecule has 0 unspecified atom stereocenters. The predicted octanol–water partition coefficient (Wildman–Crippen LogP) is 4.98. The number of rotatable bonds is 2. The van der Waals surface area contributed by atoms with Gasteiger partial charge in [-0.2, -0.15) is 0 Å². The molecular formula is C15H11Cl2FO. The molecule has 0 spiro atoms. The molecule has 0 aliphatic rings. The van der Waals surface area contributed by atoms with Crippen molar-refractivity contribution >= 4 is 29.0 Å². The minimum atomic E-state index is -0.621. The topological polar surface area (TPSA) is 17.1 Å². The molecule has 0 saturated carbocycles. The van der Waals surface area contributed by atoms with E-state index in [2.05, 4.69) is 0 Å². The summed E-state index contributed by atoms with van der Waals surface area (Å²) in [7, 11) is 0. The fraction of sp³-hybridized carbons (Fsp3) is 0.133. The van der Waals surface area contributed by atoms with Crippen LogP contribution in [0.4, 0.5) is 4.39 Å². The monoisotopic (exact) mass is 296 g/mol. The highest BCUT2D eigenvalue weighted by molar-refractivity contribution is 6.35. The van der Waals surface area contributed by atoms with Crippen molar-refractivity contribution in [2.45, 2.75) is 13.8 Å². The molecule has 0 aliphatic heterocycles. The molecule has 0 heterocycles. The quantitative estimate of drug-likeness (QED) is 0.714. The van der Waals surface area contributed by atoms with Crippen LogP contribution >= 0.6 is 23.2 Å². The highest BCUT2D eigenvalue weighted by Crippen LogP contribution is 2.26. The van der Waals surface area contributed by atoms with Crippen molar-refractivity contribution in [1.29, 1.82) is 0 Å². The van der Waals surface area contributed by atoms with Gasteiger partial charge < -0.3 is 0 Å². The molecule has 1 nitrogen and oxygen atoms in total. The lowest BCUT2D eigenvalue weighted by Crippen LogP contribution is -2.07. The first-order valence-corrected chi connectivity index (χ1v) is 6.43. The Morgan fingerprint density at radius 1 is 1.05 bits per heavy atom. The van der Waals surface area contributed by atoms with Gasteiger partial charge in [-0.25, -0.2) is 4.39 Å². The summed E-state index contributed by atoms with van der Waals surface area (Å²) >= 11 is 11.9. The average molecular weight is 297 g/mol. The van der Waals surface area contributed by atoms with E-state index in [0.29, 0.717) is 16.1 Å². The van der Waals surface area contributed by atoms with E-state index in [-0.39, 0.29) is 10.6 Å². The van der Waals surface area contributed by atoms with E-state index in [1.807, 2.05) is 0 Å². The van der Waals surface area contributed by atoms with Gasteiger partial charge in [0.25, 0.3) is 0 Å². The second kappa shape index (κ2) is 5.32. The van der Waals surface area contributed by atoms with Crippen molar-refractivity contribution < 1.29 is 9.18 Å². The Bertz CT molecular complexity index is 645. The van der Waals surface area contributed by atoms with Crippen LogP contribution in [-0.4, -0.2) is 5.78 Å². The van der Waals surface area contributed by atoms with E-state index >= 15 is 0 Å². The largest absolute Gasteiger partial charge is 0.288 e. The van der Waals surface area contributed by atoms with E-state index in [1.54, 1.807) is 26.0 Å². The molecule has 2 rings (SSSR count). The van der Waals surface area contributed by atoms with Crippen LogP contribution in [0, 0.1) is 19.7 Å². The second-order valence-corrected chi connectivity index (χ2v) is 5.16. The Kier molecular flexibility index (Phi) is 3.93. The smallest absolute Gasteiger partial charge is 0.197 e. The first kappa shape index (κ1) is 14.0. The zero-order valence-electron chi connectivity index (χ0n) is 10.4. The first-order valence-electron chi connectivity index (χ1n) is 5.67. The molecule has 0 aromatic heterocycles. The van der Waals surface area contributed by atoms with E-state index in [1.165, 1.54) is 18.2 Å². The Labute approximate surface area is 121 Å². The molecule has 19 heavy (non-hydrogen) atoms. The van der Waals surface area contributed by atoms with E-state index < -0.39 is 11.6 Å². The van der Waals surface area contributed by atoms with Gasteiger partial charge in [0.1, 0.15) is 5.82 Å². The third-order valence-electron chi connectivity index (χ3n) is 2.94. The number of halogens is 3. The molecule has 0 atom stereocenters. The highest BCUT2D eigenvalue weighted by atomic mass is 35.5. The maximum atomic E-state index is 13.8. The van der Waals surface area contributed by atoms with Crippen LogP contribution in [0.15, 0.2) is 30.3 Å². The molecule has 2 aromatic rings. The van der Waals surface area contributed by atoms with Gasteiger partial charge in [0.05, 0.1) is 10.6 Å². The van der Waals surface area contributed by atoms with Crippen LogP contribution < -0.4 is 0 Å². The summed E-state index contributed by atoms with van der Waals surface area (Å²) in [6, 6.07) is 7.53. The molecule has 0 N–H and O–H groups in total. The molecule has 0 radical (unpaired) electrons. The van der Waals surface area contributed by atoms with E-state index in [9.17, 15) is 9.18 Å². The Morgan fingerprint density at radius 3 is 2.37 bits per heavy atom. The molecule has 0 saturated heterocycles. The maximum absolute atomic E-state index is 13.8. The number of carbonyl (C=O) groups is 1. The van der Waals surface area contributed by atoms with Crippen molar-refractivity contribution in [3.8, 4) is 0 Å². The molecule has 0 bridgehead atoms. The van der Waals surface area contributed by atoms with E-state index in [4.69, 9.17) is 23.2 Å². The van der Waals surface area contributed by atoms with Gasteiger partial charge >= 0.3 is 0 Å². The number of aryl methyl sites for hydroxylation is 2. The summed E-state index contributed by atoms with van der Waals surface area (Å²) in [6.45, 7) is 3.55. The highest BCUT2D eigenvalue weighted by Gasteiger charge is 2.19. The number of ketones is 1. The third-order valence-corrected chi connectivity index (χ3v) is 3.66. The average Bonchev–Trinajstić information content (AvgIpc) is 2.33. The standard InChI is InChI=1S/C15H11Cl2FO/c1-8-7-12(17)9(2)6-10(8)15(19)14-11(16)4-3-5-13(14)18/h3-7H,1-2H3. The van der Waals surface area contributed by atoms with Crippen molar-refractivity contribution in [2.24, 2.45) is 0 Å². The molecule has 0 aliphatic carbocycles. The fourth-order valence-corrected chi connectivity index (χ4v) is 2.34. The van der Waals surface area contributed by atoms with Crippen LogP contribution in [0.1, 0.15) is 27.0 Å². The zero-order valence-corrected chi connectivity index (χ0v) is 11.9. The van der Waals surface area contributed by atoms with Gasteiger partial charge in [-0.1, -0.05) is 29.3 Å². The lowest BCUT2D eigenvalue weighted by atomic mass is 9.97. The molecular weight excluding hydrogens is 286 g/mol. The van der Waals surface area contributed by atoms with Gasteiger partial charge in [0, 0.05) is 10.6 Å². The van der Waals surface area contributed by atoms with Crippen LogP contribution in [0.2, 0.25) is 10.0 Å². The predicted molar refractivity (Wildman–Crippen MR) is 75.8 cm³/mol. The lowest BCUT2D eigenvalue weighted by molar-refractivity contribution is 0.103. The summed E-state index contributed by atoms with van der Waals surface area (Å²) in [5, 5.41) is 0.686. The minimum absolute atomic E-state index is 0.103. The normalized spacial score (nSPS) is 10.6. The van der Waals surface area contributed by atoms with Crippen LogP contribution in [0.25, 0.3) is 0 Å². The van der Waals surface area contributed by atoms with Crippen LogP contribution in [0.3, 0.4) is 0 Å². The van der Waals surface area contributed by atoms with E-state index in [0.717, 1.165) is 5.56 Å². The molecule has 4 heteroatoms. The number of benzene rings is 2. The number of carbonyl (C=O) groups excluding carboxylic acids is 1. The molecule has 0 fully saturated rings.